The first-order valence-electron chi connectivity index (χ1n) is 7.99. The molecule has 0 fully saturated rings. The Morgan fingerprint density at radius 3 is 2.35 bits per heavy atom. The first kappa shape index (κ1) is 20.9. The largest absolute Gasteiger partial charge is 0.458 e. The summed E-state index contributed by atoms with van der Waals surface area (Å²) >= 11 is 0. The Bertz CT molecular complexity index is 467. The van der Waals surface area contributed by atoms with E-state index in [-0.39, 0.29) is 18.5 Å². The molecule has 0 radical (unpaired) electrons. The molecule has 23 heavy (non-hydrogen) atoms. The Hall–Kier alpha value is -2.10. The van der Waals surface area contributed by atoms with Crippen LogP contribution in [0.4, 0.5) is 0 Å². The fourth-order valence-corrected chi connectivity index (χ4v) is 1.46. The molecule has 0 aromatic heterocycles. The molecule has 0 saturated carbocycles. The molecule has 4 heteroatoms. The summed E-state index contributed by atoms with van der Waals surface area (Å²) in [6.07, 6.45) is 14.1. The van der Waals surface area contributed by atoms with Crippen LogP contribution in [-0.2, 0) is 14.3 Å². The van der Waals surface area contributed by atoms with E-state index in [1.165, 1.54) is 6.08 Å². The molecular formula is C19H29NO3. The number of carbonyl (C=O) groups is 2. The minimum Gasteiger partial charge on any atom is -0.458 e. The summed E-state index contributed by atoms with van der Waals surface area (Å²) in [6.45, 7) is 8.79. The van der Waals surface area contributed by atoms with Gasteiger partial charge in [-0.3, -0.25) is 4.79 Å². The van der Waals surface area contributed by atoms with Crippen molar-refractivity contribution in [2.45, 2.75) is 40.5 Å². The lowest BCUT2D eigenvalue weighted by atomic mass is 10.2. The minimum atomic E-state index is -0.320. The maximum absolute atomic E-state index is 11.4. The summed E-state index contributed by atoms with van der Waals surface area (Å²) in [5, 5.41) is 2.83. The Balaban J connectivity index is 3.71. The van der Waals surface area contributed by atoms with Crippen molar-refractivity contribution in [2.24, 2.45) is 5.92 Å². The van der Waals surface area contributed by atoms with Crippen LogP contribution in [-0.4, -0.2) is 25.0 Å². The van der Waals surface area contributed by atoms with Gasteiger partial charge in [0, 0.05) is 12.6 Å². The second kappa shape index (κ2) is 13.6. The van der Waals surface area contributed by atoms with Gasteiger partial charge in [0.15, 0.2) is 0 Å². The second-order valence-electron chi connectivity index (χ2n) is 5.83. The van der Waals surface area contributed by atoms with E-state index in [0.717, 1.165) is 18.4 Å². The third kappa shape index (κ3) is 16.1. The van der Waals surface area contributed by atoms with Crippen molar-refractivity contribution in [2.75, 3.05) is 13.2 Å². The number of allylic oxidation sites excluding steroid dienone is 5. The summed E-state index contributed by atoms with van der Waals surface area (Å²) < 4.78 is 4.97. The van der Waals surface area contributed by atoms with E-state index in [0.29, 0.717) is 12.5 Å². The number of rotatable bonds is 10. The number of ether oxygens (including phenoxy) is 1. The zero-order valence-corrected chi connectivity index (χ0v) is 14.7. The third-order valence-electron chi connectivity index (χ3n) is 2.57. The van der Waals surface area contributed by atoms with Gasteiger partial charge >= 0.3 is 5.97 Å². The van der Waals surface area contributed by atoms with Gasteiger partial charge in [0.1, 0.15) is 6.61 Å². The van der Waals surface area contributed by atoms with Crippen LogP contribution in [0.25, 0.3) is 0 Å². The van der Waals surface area contributed by atoms with Gasteiger partial charge in [0.05, 0.1) is 0 Å². The zero-order chi connectivity index (χ0) is 17.5. The predicted molar refractivity (Wildman–Crippen MR) is 94.9 cm³/mol. The summed E-state index contributed by atoms with van der Waals surface area (Å²) in [5.74, 6) is 0.101. The highest BCUT2D eigenvalue weighted by atomic mass is 16.5. The molecule has 0 rings (SSSR count). The molecule has 1 amide bonds. The topological polar surface area (TPSA) is 55.4 Å². The fourth-order valence-electron chi connectivity index (χ4n) is 1.46. The molecule has 128 valence electrons. The van der Waals surface area contributed by atoms with Crippen molar-refractivity contribution in [1.29, 1.82) is 0 Å². The maximum atomic E-state index is 11.4. The quantitative estimate of drug-likeness (QED) is 0.289. The number of hydrogen-bond acceptors (Lipinski definition) is 3. The molecule has 0 heterocycles. The Morgan fingerprint density at radius 1 is 1.04 bits per heavy atom. The normalized spacial score (nSPS) is 11.5. The van der Waals surface area contributed by atoms with E-state index < -0.39 is 0 Å². The van der Waals surface area contributed by atoms with Crippen molar-refractivity contribution >= 4 is 11.9 Å². The SMILES string of the molecule is CC(C)=CC(=O)OCC=CC=CCCC=CC(=O)NCC(C)C. The van der Waals surface area contributed by atoms with Crippen LogP contribution in [0.2, 0.25) is 0 Å². The summed E-state index contributed by atoms with van der Waals surface area (Å²) in [7, 11) is 0. The average molecular weight is 319 g/mol. The van der Waals surface area contributed by atoms with Gasteiger partial charge in [-0.25, -0.2) is 4.79 Å². The molecule has 0 aromatic carbocycles. The van der Waals surface area contributed by atoms with Gasteiger partial charge in [0.25, 0.3) is 0 Å². The maximum Gasteiger partial charge on any atom is 0.330 e. The molecule has 0 saturated heterocycles. The summed E-state index contributed by atoms with van der Waals surface area (Å²) in [6, 6.07) is 0. The van der Waals surface area contributed by atoms with Gasteiger partial charge in [0.2, 0.25) is 5.91 Å². The summed E-state index contributed by atoms with van der Waals surface area (Å²) in [5.41, 5.74) is 0.921. The molecule has 0 aliphatic rings. The van der Waals surface area contributed by atoms with E-state index in [2.05, 4.69) is 19.2 Å². The van der Waals surface area contributed by atoms with E-state index in [1.54, 1.807) is 12.2 Å². The number of unbranched alkanes of at least 4 members (excludes halogenated alkanes) is 1. The standard InChI is InChI=1S/C19H29NO3/c1-16(2)14-19(22)23-13-11-9-7-5-6-8-10-12-18(21)20-15-17(3)4/h5,7,9-12,14,17H,6,8,13,15H2,1-4H3,(H,20,21). The van der Waals surface area contributed by atoms with E-state index in [9.17, 15) is 9.59 Å². The van der Waals surface area contributed by atoms with Crippen LogP contribution in [0.5, 0.6) is 0 Å². The van der Waals surface area contributed by atoms with Crippen molar-refractivity contribution < 1.29 is 14.3 Å². The van der Waals surface area contributed by atoms with Crippen LogP contribution in [0, 0.1) is 5.92 Å². The lowest BCUT2D eigenvalue weighted by molar-refractivity contribution is -0.136. The molecule has 0 spiro atoms. The molecule has 0 atom stereocenters. The Kier molecular flexibility index (Phi) is 12.3. The Morgan fingerprint density at radius 2 is 1.70 bits per heavy atom. The lowest BCUT2D eigenvalue weighted by Gasteiger charge is -2.03. The van der Waals surface area contributed by atoms with Crippen molar-refractivity contribution in [1.82, 2.24) is 5.32 Å². The third-order valence-corrected chi connectivity index (χ3v) is 2.57. The minimum absolute atomic E-state index is 0.0410. The smallest absolute Gasteiger partial charge is 0.330 e. The Labute approximate surface area is 140 Å². The molecule has 0 aromatic rings. The molecule has 0 aliphatic carbocycles. The molecular weight excluding hydrogens is 290 g/mol. The molecule has 4 nitrogen and oxygen atoms in total. The van der Waals surface area contributed by atoms with Crippen molar-refractivity contribution in [3.05, 3.63) is 48.1 Å². The number of esters is 1. The summed E-state index contributed by atoms with van der Waals surface area (Å²) in [4.78, 5) is 22.6. The number of amides is 1. The van der Waals surface area contributed by atoms with Gasteiger partial charge in [-0.2, -0.15) is 0 Å². The van der Waals surface area contributed by atoms with Gasteiger partial charge in [-0.1, -0.05) is 43.7 Å². The van der Waals surface area contributed by atoms with E-state index in [4.69, 9.17) is 4.74 Å². The van der Waals surface area contributed by atoms with Crippen molar-refractivity contribution in [3.8, 4) is 0 Å². The molecule has 0 aliphatic heterocycles. The lowest BCUT2D eigenvalue weighted by Crippen LogP contribution is -2.25. The first-order valence-corrected chi connectivity index (χ1v) is 7.99. The van der Waals surface area contributed by atoms with Crippen molar-refractivity contribution in [3.63, 3.8) is 0 Å². The molecule has 0 unspecified atom stereocenters. The highest BCUT2D eigenvalue weighted by molar-refractivity contribution is 5.87. The number of hydrogen-bond donors (Lipinski definition) is 1. The van der Waals surface area contributed by atoms with E-state index >= 15 is 0 Å². The van der Waals surface area contributed by atoms with Crippen LogP contribution >= 0.6 is 0 Å². The average Bonchev–Trinajstić information content (AvgIpc) is 2.46. The first-order chi connectivity index (χ1) is 10.9. The van der Waals surface area contributed by atoms with Crippen LogP contribution in [0.15, 0.2) is 48.1 Å². The fraction of sp³-hybridized carbons (Fsp3) is 0.474. The van der Waals surface area contributed by atoms with Gasteiger partial charge in [-0.15, -0.1) is 0 Å². The van der Waals surface area contributed by atoms with Crippen LogP contribution in [0.3, 0.4) is 0 Å². The van der Waals surface area contributed by atoms with E-state index in [1.807, 2.05) is 38.2 Å². The van der Waals surface area contributed by atoms with Crippen LogP contribution in [0.1, 0.15) is 40.5 Å². The highest BCUT2D eigenvalue weighted by Gasteiger charge is 1.96. The predicted octanol–water partition coefficient (Wildman–Crippen LogP) is 3.72. The van der Waals surface area contributed by atoms with Gasteiger partial charge < -0.3 is 10.1 Å². The van der Waals surface area contributed by atoms with Crippen LogP contribution < -0.4 is 5.32 Å². The zero-order valence-electron chi connectivity index (χ0n) is 14.7. The second-order valence-corrected chi connectivity index (χ2v) is 5.83. The monoisotopic (exact) mass is 319 g/mol. The number of carbonyl (C=O) groups excluding carboxylic acids is 2. The molecule has 1 N–H and O–H groups in total. The highest BCUT2D eigenvalue weighted by Crippen LogP contribution is 1.95. The van der Waals surface area contributed by atoms with Gasteiger partial charge in [-0.05, 0) is 44.8 Å². The molecule has 0 bridgehead atoms. The number of nitrogens with one attached hydrogen (secondary N) is 1.